The number of H-pyrrole nitrogens is 1. The summed E-state index contributed by atoms with van der Waals surface area (Å²) in [6, 6.07) is 8.31. The molecule has 0 amide bonds. The maximum Gasteiger partial charge on any atom is 0.271 e. The summed E-state index contributed by atoms with van der Waals surface area (Å²) in [5.41, 5.74) is 9.39. The van der Waals surface area contributed by atoms with Gasteiger partial charge in [-0.3, -0.25) is 14.6 Å². The molecule has 1 aromatic carbocycles. The van der Waals surface area contributed by atoms with Crippen LogP contribution in [0.3, 0.4) is 0 Å². The Morgan fingerprint density at radius 1 is 1.26 bits per heavy atom. The van der Waals surface area contributed by atoms with E-state index >= 15 is 0 Å². The number of hydrogen-bond acceptors (Lipinski definition) is 2. The molecule has 0 unspecified atom stereocenters. The topological polar surface area (TPSA) is 63.8 Å². The number of aryl methyl sites for hydroxylation is 1. The molecule has 3 N–H and O–H groups in total. The molecule has 0 spiro atoms. The van der Waals surface area contributed by atoms with Crippen LogP contribution >= 0.6 is 0 Å². The van der Waals surface area contributed by atoms with Crippen LogP contribution in [-0.4, -0.2) is 9.78 Å². The molecule has 0 bridgehead atoms. The van der Waals surface area contributed by atoms with Crippen molar-refractivity contribution in [1.29, 1.82) is 0 Å². The lowest BCUT2D eigenvalue weighted by atomic mass is 10.00. The van der Waals surface area contributed by atoms with Crippen LogP contribution in [0.4, 0.5) is 0 Å². The average molecular weight is 259 g/mol. The third-order valence-electron chi connectivity index (χ3n) is 3.23. The van der Waals surface area contributed by atoms with Gasteiger partial charge in [0.15, 0.2) is 0 Å². The minimum absolute atomic E-state index is 0.0521. The van der Waals surface area contributed by atoms with Crippen LogP contribution < -0.4 is 11.3 Å². The first-order valence-corrected chi connectivity index (χ1v) is 6.60. The van der Waals surface area contributed by atoms with Gasteiger partial charge in [0.1, 0.15) is 0 Å². The highest BCUT2D eigenvalue weighted by Crippen LogP contribution is 2.20. The largest absolute Gasteiger partial charge is 0.326 e. The molecule has 2 rings (SSSR count). The second-order valence-electron chi connectivity index (χ2n) is 5.33. The quantitative estimate of drug-likeness (QED) is 0.882. The molecule has 0 fully saturated rings. The van der Waals surface area contributed by atoms with Crippen molar-refractivity contribution in [3.05, 3.63) is 45.7 Å². The molecular formula is C15H21N3O. The Morgan fingerprint density at radius 3 is 2.42 bits per heavy atom. The van der Waals surface area contributed by atoms with Crippen LogP contribution in [-0.2, 0) is 20.0 Å². The van der Waals surface area contributed by atoms with E-state index in [2.05, 4.69) is 31.1 Å². The van der Waals surface area contributed by atoms with Gasteiger partial charge in [0, 0.05) is 13.6 Å². The smallest absolute Gasteiger partial charge is 0.271 e. The number of hydrogen-bond donors (Lipinski definition) is 2. The fourth-order valence-corrected chi connectivity index (χ4v) is 2.30. The van der Waals surface area contributed by atoms with Crippen molar-refractivity contribution in [2.45, 2.75) is 26.8 Å². The molecule has 4 heteroatoms. The zero-order valence-corrected chi connectivity index (χ0v) is 11.7. The summed E-state index contributed by atoms with van der Waals surface area (Å²) in [6.07, 6.45) is 1.06. The third kappa shape index (κ3) is 2.79. The molecule has 0 aliphatic heterocycles. The summed E-state index contributed by atoms with van der Waals surface area (Å²) in [5, 5.41) is 3.06. The molecule has 0 saturated heterocycles. The number of nitrogens with two attached hydrogens (primary N) is 1. The summed E-state index contributed by atoms with van der Waals surface area (Å²) >= 11 is 0. The van der Waals surface area contributed by atoms with Gasteiger partial charge >= 0.3 is 0 Å². The Morgan fingerprint density at radius 2 is 1.89 bits per heavy atom. The van der Waals surface area contributed by atoms with E-state index in [1.165, 1.54) is 10.2 Å². The van der Waals surface area contributed by atoms with Crippen molar-refractivity contribution in [3.8, 4) is 11.3 Å². The van der Waals surface area contributed by atoms with Gasteiger partial charge in [-0.2, -0.15) is 0 Å². The zero-order chi connectivity index (χ0) is 14.0. The van der Waals surface area contributed by atoms with Gasteiger partial charge in [0.2, 0.25) is 0 Å². The van der Waals surface area contributed by atoms with Gasteiger partial charge in [-0.05, 0) is 23.5 Å². The predicted molar refractivity (Wildman–Crippen MR) is 77.9 cm³/mol. The lowest BCUT2D eigenvalue weighted by Gasteiger charge is -2.06. The van der Waals surface area contributed by atoms with Crippen LogP contribution in [0.15, 0.2) is 29.1 Å². The van der Waals surface area contributed by atoms with Crippen molar-refractivity contribution in [2.75, 3.05) is 0 Å². The lowest BCUT2D eigenvalue weighted by molar-refractivity contribution is 0.647. The number of benzene rings is 1. The third-order valence-corrected chi connectivity index (χ3v) is 3.23. The van der Waals surface area contributed by atoms with Crippen LogP contribution in [0.2, 0.25) is 0 Å². The highest BCUT2D eigenvalue weighted by atomic mass is 16.1. The molecule has 1 heterocycles. The van der Waals surface area contributed by atoms with E-state index in [1.807, 2.05) is 12.1 Å². The number of rotatable bonds is 4. The van der Waals surface area contributed by atoms with E-state index in [4.69, 9.17) is 5.73 Å². The van der Waals surface area contributed by atoms with E-state index in [0.29, 0.717) is 11.5 Å². The summed E-state index contributed by atoms with van der Waals surface area (Å²) in [6.45, 7) is 4.66. The fourth-order valence-electron chi connectivity index (χ4n) is 2.30. The first-order chi connectivity index (χ1) is 9.02. The molecule has 0 aliphatic rings. The molecule has 1 aromatic heterocycles. The Hall–Kier alpha value is -1.81. The SMILES string of the molecule is CC(C)Cc1ccc(-c2[nH]n(C)c(=O)c2CN)cc1. The number of nitrogens with one attached hydrogen (secondary N) is 1. The van der Waals surface area contributed by atoms with Crippen LogP contribution in [0, 0.1) is 5.92 Å². The van der Waals surface area contributed by atoms with Crippen molar-refractivity contribution < 1.29 is 0 Å². The Kier molecular flexibility index (Phi) is 3.90. The van der Waals surface area contributed by atoms with Crippen molar-refractivity contribution in [1.82, 2.24) is 9.78 Å². The van der Waals surface area contributed by atoms with Gasteiger partial charge in [0.25, 0.3) is 5.56 Å². The maximum absolute atomic E-state index is 11.9. The van der Waals surface area contributed by atoms with E-state index in [0.717, 1.165) is 17.7 Å². The van der Waals surface area contributed by atoms with Crippen molar-refractivity contribution in [2.24, 2.45) is 18.7 Å². The summed E-state index contributed by atoms with van der Waals surface area (Å²) in [5.74, 6) is 0.641. The Balaban J connectivity index is 2.37. The maximum atomic E-state index is 11.9. The minimum Gasteiger partial charge on any atom is -0.326 e. The second kappa shape index (κ2) is 5.45. The molecule has 0 aliphatic carbocycles. The van der Waals surface area contributed by atoms with Crippen molar-refractivity contribution in [3.63, 3.8) is 0 Å². The monoisotopic (exact) mass is 259 g/mol. The Bertz CT molecular complexity index is 605. The molecular weight excluding hydrogens is 238 g/mol. The molecule has 0 atom stereocenters. The van der Waals surface area contributed by atoms with Gasteiger partial charge in [0.05, 0.1) is 11.3 Å². The minimum atomic E-state index is -0.0521. The molecule has 19 heavy (non-hydrogen) atoms. The van der Waals surface area contributed by atoms with E-state index < -0.39 is 0 Å². The fraction of sp³-hybridized carbons (Fsp3) is 0.400. The van der Waals surface area contributed by atoms with E-state index in [-0.39, 0.29) is 12.1 Å². The summed E-state index contributed by atoms with van der Waals surface area (Å²) in [4.78, 5) is 11.9. The molecule has 102 valence electrons. The number of aromatic amines is 1. The van der Waals surface area contributed by atoms with Crippen LogP contribution in [0.1, 0.15) is 25.0 Å². The first-order valence-electron chi connectivity index (χ1n) is 6.60. The summed E-state index contributed by atoms with van der Waals surface area (Å²) < 4.78 is 1.47. The predicted octanol–water partition coefficient (Wildman–Crippen LogP) is 2.04. The highest BCUT2D eigenvalue weighted by Gasteiger charge is 2.12. The standard InChI is InChI=1S/C15H21N3O/c1-10(2)8-11-4-6-12(7-5-11)14-13(9-16)15(19)18(3)17-14/h4-7,10,17H,8-9,16H2,1-3H3. The zero-order valence-electron chi connectivity index (χ0n) is 11.7. The van der Waals surface area contributed by atoms with Gasteiger partial charge in [-0.15, -0.1) is 0 Å². The van der Waals surface area contributed by atoms with Crippen LogP contribution in [0.5, 0.6) is 0 Å². The van der Waals surface area contributed by atoms with Gasteiger partial charge in [-0.1, -0.05) is 38.1 Å². The molecule has 2 aromatic rings. The molecule has 0 radical (unpaired) electrons. The van der Waals surface area contributed by atoms with Gasteiger partial charge < -0.3 is 5.73 Å². The number of aromatic nitrogens is 2. The summed E-state index contributed by atoms with van der Waals surface area (Å²) in [7, 11) is 1.71. The number of nitrogens with zero attached hydrogens (tertiary/aromatic N) is 1. The molecule has 0 saturated carbocycles. The van der Waals surface area contributed by atoms with E-state index in [1.54, 1.807) is 7.05 Å². The van der Waals surface area contributed by atoms with Gasteiger partial charge in [-0.25, -0.2) is 0 Å². The normalized spacial score (nSPS) is 11.2. The average Bonchev–Trinajstić information content (AvgIpc) is 2.65. The second-order valence-corrected chi connectivity index (χ2v) is 5.33. The van der Waals surface area contributed by atoms with Crippen molar-refractivity contribution >= 4 is 0 Å². The Labute approximate surface area is 113 Å². The highest BCUT2D eigenvalue weighted by molar-refractivity contribution is 5.63. The van der Waals surface area contributed by atoms with Crippen LogP contribution in [0.25, 0.3) is 11.3 Å². The first kappa shape index (κ1) is 13.6. The van der Waals surface area contributed by atoms with E-state index in [9.17, 15) is 4.79 Å². The molecule has 4 nitrogen and oxygen atoms in total. The lowest BCUT2D eigenvalue weighted by Crippen LogP contribution is -2.17.